The first-order valence-corrected chi connectivity index (χ1v) is 7.76. The fourth-order valence-corrected chi connectivity index (χ4v) is 4.72. The average Bonchev–Trinajstić information content (AvgIpc) is 2.90. The highest BCUT2D eigenvalue weighted by Gasteiger charge is 2.63. The van der Waals surface area contributed by atoms with E-state index < -0.39 is 10.8 Å². The molecule has 2 aliphatic rings. The Kier molecular flexibility index (Phi) is 3.50. The van der Waals surface area contributed by atoms with Crippen LogP contribution in [0.2, 0.25) is 0 Å². The Bertz CT molecular complexity index is 623. The maximum Gasteiger partial charge on any atom is 0.316 e. The highest BCUT2D eigenvalue weighted by molar-refractivity contribution is 5.88. The number of esters is 2. The molecule has 3 rings (SSSR count). The zero-order chi connectivity index (χ0) is 16.0. The third kappa shape index (κ3) is 1.76. The van der Waals surface area contributed by atoms with Gasteiger partial charge in [0, 0.05) is 0 Å². The summed E-state index contributed by atoms with van der Waals surface area (Å²) >= 11 is 0. The molecule has 0 aliphatic heterocycles. The summed E-state index contributed by atoms with van der Waals surface area (Å²) in [6, 6.07) is 8.00. The molecule has 1 fully saturated rings. The van der Waals surface area contributed by atoms with Crippen LogP contribution in [0.4, 0.5) is 0 Å². The Morgan fingerprint density at radius 1 is 1.09 bits per heavy atom. The van der Waals surface area contributed by atoms with Gasteiger partial charge in [-0.15, -0.1) is 0 Å². The molecule has 1 aromatic carbocycles. The molecule has 0 N–H and O–H groups in total. The maximum absolute atomic E-state index is 12.8. The van der Waals surface area contributed by atoms with Crippen LogP contribution in [-0.4, -0.2) is 26.2 Å². The van der Waals surface area contributed by atoms with Gasteiger partial charge in [-0.1, -0.05) is 30.7 Å². The van der Waals surface area contributed by atoms with Gasteiger partial charge in [0.2, 0.25) is 0 Å². The van der Waals surface area contributed by atoms with Crippen LogP contribution in [0.15, 0.2) is 24.3 Å². The standard InChI is InChI=1S/C18H22O4/c1-17(15(19)21-2)9-6-10-18(16(20)22-3)13-8-5-4-7-12(13)11-14(17)18/h4-5,7-8,14H,6,9-11H2,1-3H3/t14-,17-,18+/m1/s1. The molecule has 0 amide bonds. The van der Waals surface area contributed by atoms with E-state index in [2.05, 4.69) is 6.07 Å². The summed E-state index contributed by atoms with van der Waals surface area (Å²) in [6.45, 7) is 1.94. The predicted molar refractivity (Wildman–Crippen MR) is 81.3 cm³/mol. The molecule has 118 valence electrons. The van der Waals surface area contributed by atoms with E-state index in [-0.39, 0.29) is 17.9 Å². The van der Waals surface area contributed by atoms with Crippen LogP contribution in [0.3, 0.4) is 0 Å². The highest BCUT2D eigenvalue weighted by atomic mass is 16.5. The van der Waals surface area contributed by atoms with Crippen LogP contribution < -0.4 is 0 Å². The van der Waals surface area contributed by atoms with E-state index in [1.165, 1.54) is 14.2 Å². The third-order valence-corrected chi connectivity index (χ3v) is 5.75. The van der Waals surface area contributed by atoms with Crippen LogP contribution in [0, 0.1) is 11.3 Å². The van der Waals surface area contributed by atoms with Crippen molar-refractivity contribution in [2.75, 3.05) is 14.2 Å². The number of carbonyl (C=O) groups is 2. The second-order valence-electron chi connectivity index (χ2n) is 6.64. The van der Waals surface area contributed by atoms with Crippen LogP contribution in [0.25, 0.3) is 0 Å². The summed E-state index contributed by atoms with van der Waals surface area (Å²) in [5, 5.41) is 0. The number of benzene rings is 1. The van der Waals surface area contributed by atoms with Gasteiger partial charge in [-0.2, -0.15) is 0 Å². The van der Waals surface area contributed by atoms with E-state index >= 15 is 0 Å². The fraction of sp³-hybridized carbons (Fsp3) is 0.556. The zero-order valence-electron chi connectivity index (χ0n) is 13.3. The number of methoxy groups -OCH3 is 2. The van der Waals surface area contributed by atoms with Gasteiger partial charge < -0.3 is 9.47 Å². The van der Waals surface area contributed by atoms with Crippen LogP contribution in [0.1, 0.15) is 37.3 Å². The predicted octanol–water partition coefficient (Wildman–Crippen LogP) is 2.63. The second kappa shape index (κ2) is 5.11. The molecular formula is C18H22O4. The van der Waals surface area contributed by atoms with Crippen molar-refractivity contribution in [3.63, 3.8) is 0 Å². The van der Waals surface area contributed by atoms with Crippen molar-refractivity contribution in [1.29, 1.82) is 0 Å². The van der Waals surface area contributed by atoms with Crippen molar-refractivity contribution in [1.82, 2.24) is 0 Å². The number of ether oxygens (including phenoxy) is 2. The number of rotatable bonds is 2. The molecule has 0 heterocycles. The topological polar surface area (TPSA) is 52.6 Å². The van der Waals surface area contributed by atoms with E-state index in [4.69, 9.17) is 9.47 Å². The molecule has 0 spiro atoms. The van der Waals surface area contributed by atoms with E-state index in [1.54, 1.807) is 0 Å². The van der Waals surface area contributed by atoms with Gasteiger partial charge in [0.25, 0.3) is 0 Å². The van der Waals surface area contributed by atoms with E-state index in [9.17, 15) is 9.59 Å². The van der Waals surface area contributed by atoms with Crippen molar-refractivity contribution in [2.45, 2.75) is 38.0 Å². The van der Waals surface area contributed by atoms with Crippen molar-refractivity contribution in [3.05, 3.63) is 35.4 Å². The van der Waals surface area contributed by atoms with Crippen molar-refractivity contribution < 1.29 is 19.1 Å². The molecule has 0 saturated heterocycles. The third-order valence-electron chi connectivity index (χ3n) is 5.75. The van der Waals surface area contributed by atoms with Crippen LogP contribution in [0.5, 0.6) is 0 Å². The highest BCUT2D eigenvalue weighted by Crippen LogP contribution is 2.59. The van der Waals surface area contributed by atoms with Gasteiger partial charge in [-0.3, -0.25) is 9.59 Å². The summed E-state index contributed by atoms with van der Waals surface area (Å²) in [4.78, 5) is 25.2. The summed E-state index contributed by atoms with van der Waals surface area (Å²) in [7, 11) is 2.85. The summed E-state index contributed by atoms with van der Waals surface area (Å²) in [6.07, 6.45) is 3.01. The lowest BCUT2D eigenvalue weighted by Crippen LogP contribution is -2.54. The van der Waals surface area contributed by atoms with Crippen molar-refractivity contribution >= 4 is 11.9 Å². The Morgan fingerprint density at radius 3 is 2.45 bits per heavy atom. The second-order valence-corrected chi connectivity index (χ2v) is 6.64. The first-order chi connectivity index (χ1) is 10.5. The zero-order valence-corrected chi connectivity index (χ0v) is 13.3. The molecule has 0 radical (unpaired) electrons. The van der Waals surface area contributed by atoms with Crippen molar-refractivity contribution in [2.24, 2.45) is 11.3 Å². The smallest absolute Gasteiger partial charge is 0.316 e. The quantitative estimate of drug-likeness (QED) is 0.788. The first kappa shape index (κ1) is 15.1. The molecule has 0 aromatic heterocycles. The molecule has 2 aliphatic carbocycles. The van der Waals surface area contributed by atoms with Gasteiger partial charge in [0.05, 0.1) is 25.0 Å². The lowest BCUT2D eigenvalue weighted by Gasteiger charge is -2.47. The van der Waals surface area contributed by atoms with Crippen molar-refractivity contribution in [3.8, 4) is 0 Å². The Hall–Kier alpha value is -1.84. The molecule has 4 nitrogen and oxygen atoms in total. The fourth-order valence-electron chi connectivity index (χ4n) is 4.72. The Morgan fingerprint density at radius 2 is 1.77 bits per heavy atom. The minimum Gasteiger partial charge on any atom is -0.469 e. The minimum absolute atomic E-state index is 0.106. The van der Waals surface area contributed by atoms with Gasteiger partial charge in [-0.25, -0.2) is 0 Å². The van der Waals surface area contributed by atoms with E-state index in [0.717, 1.165) is 36.8 Å². The number of carbonyl (C=O) groups excluding carboxylic acids is 2. The van der Waals surface area contributed by atoms with Crippen LogP contribution in [-0.2, 0) is 30.9 Å². The molecule has 0 unspecified atom stereocenters. The molecule has 22 heavy (non-hydrogen) atoms. The van der Waals surface area contributed by atoms with Gasteiger partial charge >= 0.3 is 11.9 Å². The van der Waals surface area contributed by atoms with Gasteiger partial charge in [0.1, 0.15) is 0 Å². The molecule has 0 bridgehead atoms. The van der Waals surface area contributed by atoms with Gasteiger partial charge in [0.15, 0.2) is 0 Å². The first-order valence-electron chi connectivity index (χ1n) is 7.76. The summed E-state index contributed by atoms with van der Waals surface area (Å²) in [5.41, 5.74) is 0.809. The average molecular weight is 302 g/mol. The molecule has 4 heteroatoms. The molecule has 1 saturated carbocycles. The normalized spacial score (nSPS) is 32.8. The molecule has 3 atom stereocenters. The Balaban J connectivity index is 2.19. The lowest BCUT2D eigenvalue weighted by molar-refractivity contribution is -0.167. The van der Waals surface area contributed by atoms with E-state index in [1.807, 2.05) is 25.1 Å². The largest absolute Gasteiger partial charge is 0.469 e. The minimum atomic E-state index is -0.716. The van der Waals surface area contributed by atoms with Gasteiger partial charge in [-0.05, 0) is 43.2 Å². The van der Waals surface area contributed by atoms with E-state index in [0.29, 0.717) is 0 Å². The number of hydrogen-bond acceptors (Lipinski definition) is 4. The summed E-state index contributed by atoms with van der Waals surface area (Å²) in [5.74, 6) is -0.554. The molecule has 1 aromatic rings. The number of hydrogen-bond donors (Lipinski definition) is 0. The maximum atomic E-state index is 12.8. The van der Waals surface area contributed by atoms with Crippen LogP contribution >= 0.6 is 0 Å². The SMILES string of the molecule is COC(=O)[C@]1(C)CCC[C@]2(C(=O)OC)c3ccccc3C[C@H]12. The summed E-state index contributed by atoms with van der Waals surface area (Å²) < 4.78 is 10.2. The monoisotopic (exact) mass is 302 g/mol. The Labute approximate surface area is 130 Å². The molecular weight excluding hydrogens is 280 g/mol. The number of fused-ring (bicyclic) bond motifs is 3. The lowest BCUT2D eigenvalue weighted by atomic mass is 9.55.